The molecule has 37 heavy (non-hydrogen) atoms. The number of aryl methyl sites for hydroxylation is 1. The van der Waals surface area contributed by atoms with E-state index in [0.717, 1.165) is 12.8 Å². The van der Waals surface area contributed by atoms with Gasteiger partial charge in [0.05, 0.1) is 40.8 Å². The molecule has 0 amide bonds. The molecule has 9 heteroatoms. The number of aromatic nitrogens is 1. The summed E-state index contributed by atoms with van der Waals surface area (Å²) in [5.41, 5.74) is -1.19. The predicted molar refractivity (Wildman–Crippen MR) is 140 cm³/mol. The topological polar surface area (TPSA) is 122 Å². The van der Waals surface area contributed by atoms with E-state index in [0.29, 0.717) is 24.4 Å². The molecule has 0 radical (unpaired) electrons. The zero-order valence-corrected chi connectivity index (χ0v) is 23.2. The van der Waals surface area contributed by atoms with Crippen LogP contribution in [-0.4, -0.2) is 57.0 Å². The van der Waals surface area contributed by atoms with Gasteiger partial charge in [0.2, 0.25) is 0 Å². The smallest absolute Gasteiger partial charge is 0.309 e. The number of nitrogens with zero attached hydrogens (tertiary/aromatic N) is 1. The highest BCUT2D eigenvalue weighted by atomic mass is 35.5. The number of carbonyl (C=O) groups is 2. The molecule has 7 atom stereocenters. The van der Waals surface area contributed by atoms with E-state index in [4.69, 9.17) is 25.5 Å². The first-order valence-electron chi connectivity index (χ1n) is 13.0. The summed E-state index contributed by atoms with van der Waals surface area (Å²) in [6.45, 7) is 12.6. The number of oxazole rings is 1. The second-order valence-electron chi connectivity index (χ2n) is 11.3. The standard InChI is InChI=1S/C28H40ClNO7/c1-7-9-19-25(33)16(2)10-8-11-28(6)23(37-28)13-21(20(29)12-18-15-35-17(3)30-18)36-24(32)14-22(31)27(4,5)26(19)34/h7,12,15-16,19,21-23,25,31,33H,1,8-11,13-14H2,2-6H3. The first kappa shape index (κ1) is 29.6. The summed E-state index contributed by atoms with van der Waals surface area (Å²) in [6.07, 6.45) is 3.91. The lowest BCUT2D eigenvalue weighted by Crippen LogP contribution is -2.46. The lowest BCUT2D eigenvalue weighted by molar-refractivity contribution is -0.154. The largest absolute Gasteiger partial charge is 0.456 e. The molecule has 0 bridgehead atoms. The minimum absolute atomic E-state index is 0.142. The second-order valence-corrected chi connectivity index (χ2v) is 11.7. The summed E-state index contributed by atoms with van der Waals surface area (Å²) in [5, 5.41) is 22.3. The number of esters is 1. The molecule has 7 unspecified atom stereocenters. The maximum absolute atomic E-state index is 13.5. The van der Waals surface area contributed by atoms with Gasteiger partial charge in [-0.25, -0.2) is 4.98 Å². The molecular formula is C28H40ClNO7. The molecule has 3 heterocycles. The van der Waals surface area contributed by atoms with Crippen molar-refractivity contribution in [2.75, 3.05) is 0 Å². The van der Waals surface area contributed by atoms with Gasteiger partial charge in [0.1, 0.15) is 23.8 Å². The number of fused-ring (bicyclic) bond motifs is 1. The number of ketones is 1. The van der Waals surface area contributed by atoms with Crippen molar-refractivity contribution in [3.05, 3.63) is 35.5 Å². The van der Waals surface area contributed by atoms with E-state index in [2.05, 4.69) is 11.6 Å². The Morgan fingerprint density at radius 1 is 1.30 bits per heavy atom. The monoisotopic (exact) mass is 537 g/mol. The number of rotatable bonds is 4. The molecule has 1 aromatic heterocycles. The Morgan fingerprint density at radius 3 is 2.62 bits per heavy atom. The molecule has 0 spiro atoms. The number of Topliss-reactive ketones (excluding diaryl/α,β-unsaturated/α-hetero) is 1. The van der Waals surface area contributed by atoms with Crippen LogP contribution in [0.4, 0.5) is 0 Å². The lowest BCUT2D eigenvalue weighted by atomic mass is 9.71. The van der Waals surface area contributed by atoms with E-state index in [1.807, 2.05) is 13.8 Å². The van der Waals surface area contributed by atoms with Crippen LogP contribution in [0.5, 0.6) is 0 Å². The number of hydrogen-bond donors (Lipinski definition) is 2. The van der Waals surface area contributed by atoms with Crippen molar-refractivity contribution >= 4 is 29.4 Å². The van der Waals surface area contributed by atoms with Gasteiger partial charge in [-0.1, -0.05) is 44.9 Å². The average molecular weight is 538 g/mol. The maximum atomic E-state index is 13.5. The fourth-order valence-electron chi connectivity index (χ4n) is 5.09. The number of halogens is 1. The van der Waals surface area contributed by atoms with Gasteiger partial charge in [0.15, 0.2) is 5.89 Å². The highest BCUT2D eigenvalue weighted by Gasteiger charge is 2.53. The summed E-state index contributed by atoms with van der Waals surface area (Å²) in [5.74, 6) is -1.40. The number of ether oxygens (including phenoxy) is 2. The first-order valence-corrected chi connectivity index (χ1v) is 13.3. The Bertz CT molecular complexity index is 1020. The summed E-state index contributed by atoms with van der Waals surface area (Å²) in [4.78, 5) is 30.7. The number of epoxide rings is 1. The van der Waals surface area contributed by atoms with Crippen molar-refractivity contribution in [1.29, 1.82) is 0 Å². The Hall–Kier alpha value is -2.00. The number of carbonyl (C=O) groups excluding carboxylic acids is 2. The normalized spacial score (nSPS) is 35.9. The Kier molecular flexibility index (Phi) is 9.43. The molecule has 0 aliphatic carbocycles. The van der Waals surface area contributed by atoms with Crippen molar-refractivity contribution in [3.63, 3.8) is 0 Å². The van der Waals surface area contributed by atoms with Crippen LogP contribution in [0.1, 0.15) is 77.8 Å². The Morgan fingerprint density at radius 2 is 2.00 bits per heavy atom. The van der Waals surface area contributed by atoms with Crippen LogP contribution in [0.2, 0.25) is 0 Å². The van der Waals surface area contributed by atoms with Crippen LogP contribution in [0.15, 0.2) is 28.4 Å². The molecule has 2 fully saturated rings. The SMILES string of the molecule is C=CCC1C(=O)C(C)(C)C(O)CC(=O)OC(C(Cl)=Cc2coc(C)n2)CC2OC2(C)CCCC(C)C1O. The van der Waals surface area contributed by atoms with E-state index >= 15 is 0 Å². The van der Waals surface area contributed by atoms with Crippen LogP contribution in [0.3, 0.4) is 0 Å². The Balaban J connectivity index is 1.88. The lowest BCUT2D eigenvalue weighted by Gasteiger charge is -2.35. The van der Waals surface area contributed by atoms with Gasteiger partial charge in [-0.2, -0.15) is 0 Å². The van der Waals surface area contributed by atoms with Crippen molar-refractivity contribution in [2.45, 2.75) is 103 Å². The van der Waals surface area contributed by atoms with Crippen LogP contribution >= 0.6 is 11.6 Å². The molecule has 2 saturated heterocycles. The van der Waals surface area contributed by atoms with Gasteiger partial charge < -0.3 is 24.1 Å². The van der Waals surface area contributed by atoms with Gasteiger partial charge in [-0.3, -0.25) is 9.59 Å². The van der Waals surface area contributed by atoms with Gasteiger partial charge in [-0.15, -0.1) is 6.58 Å². The highest BCUT2D eigenvalue weighted by Crippen LogP contribution is 2.45. The molecule has 0 saturated carbocycles. The zero-order chi connectivity index (χ0) is 27.5. The first-order chi connectivity index (χ1) is 17.3. The van der Waals surface area contributed by atoms with E-state index in [1.54, 1.807) is 32.9 Å². The predicted octanol–water partition coefficient (Wildman–Crippen LogP) is 4.74. The van der Waals surface area contributed by atoms with Crippen LogP contribution < -0.4 is 0 Å². The molecule has 8 nitrogen and oxygen atoms in total. The molecule has 206 valence electrons. The molecular weight excluding hydrogens is 498 g/mol. The van der Waals surface area contributed by atoms with Crippen molar-refractivity contribution in [1.82, 2.24) is 4.98 Å². The van der Waals surface area contributed by atoms with E-state index in [9.17, 15) is 19.8 Å². The molecule has 2 aliphatic heterocycles. The van der Waals surface area contributed by atoms with Gasteiger partial charge >= 0.3 is 5.97 Å². The highest BCUT2D eigenvalue weighted by molar-refractivity contribution is 6.32. The maximum Gasteiger partial charge on any atom is 0.309 e. The summed E-state index contributed by atoms with van der Waals surface area (Å²) in [7, 11) is 0. The molecule has 0 aromatic carbocycles. The van der Waals surface area contributed by atoms with Crippen molar-refractivity contribution < 1.29 is 33.7 Å². The second kappa shape index (κ2) is 11.8. The summed E-state index contributed by atoms with van der Waals surface area (Å²) >= 11 is 6.59. The van der Waals surface area contributed by atoms with E-state index in [1.165, 1.54) is 6.26 Å². The third-order valence-corrected chi connectivity index (χ3v) is 8.23. The number of cyclic esters (lactones) is 1. The number of hydrogen-bond acceptors (Lipinski definition) is 8. The number of aliphatic hydroxyl groups is 2. The summed E-state index contributed by atoms with van der Waals surface area (Å²) < 4.78 is 17.0. The molecule has 2 aliphatic rings. The summed E-state index contributed by atoms with van der Waals surface area (Å²) in [6, 6.07) is 0. The average Bonchev–Trinajstić information content (AvgIpc) is 3.27. The number of aliphatic hydroxyl groups excluding tert-OH is 2. The quantitative estimate of drug-likeness (QED) is 0.321. The van der Waals surface area contributed by atoms with Crippen LogP contribution in [0.25, 0.3) is 6.08 Å². The van der Waals surface area contributed by atoms with E-state index in [-0.39, 0.29) is 29.3 Å². The van der Waals surface area contributed by atoms with Gasteiger partial charge in [-0.05, 0) is 38.2 Å². The Labute approximate surface area is 224 Å². The van der Waals surface area contributed by atoms with Crippen molar-refractivity contribution in [3.8, 4) is 0 Å². The van der Waals surface area contributed by atoms with Crippen LogP contribution in [-0.2, 0) is 19.1 Å². The molecule has 1 aromatic rings. The minimum Gasteiger partial charge on any atom is -0.456 e. The third-order valence-electron chi connectivity index (χ3n) is 7.88. The minimum atomic E-state index is -1.32. The van der Waals surface area contributed by atoms with Gasteiger partial charge in [0, 0.05) is 19.3 Å². The fraction of sp³-hybridized carbons (Fsp3) is 0.679. The van der Waals surface area contributed by atoms with Crippen LogP contribution in [0, 0.1) is 24.2 Å². The van der Waals surface area contributed by atoms with E-state index < -0.39 is 47.6 Å². The number of allylic oxidation sites excluding steroid dienone is 1. The molecule has 2 N–H and O–H groups in total. The van der Waals surface area contributed by atoms with Gasteiger partial charge in [0.25, 0.3) is 0 Å². The van der Waals surface area contributed by atoms with Crippen molar-refractivity contribution in [2.24, 2.45) is 17.3 Å². The molecule has 3 rings (SSSR count). The fourth-order valence-corrected chi connectivity index (χ4v) is 5.33. The zero-order valence-electron chi connectivity index (χ0n) is 22.4. The third kappa shape index (κ3) is 7.11.